The van der Waals surface area contributed by atoms with Crippen molar-refractivity contribution >= 4 is 22.9 Å². The normalized spacial score (nSPS) is 11.3. The molecule has 1 heterocycles. The van der Waals surface area contributed by atoms with Crippen LogP contribution >= 0.6 is 12.2 Å². The fraction of sp³-hybridized carbons (Fsp3) is 0.333. The number of rotatable bonds is 2. The highest BCUT2D eigenvalue weighted by atomic mass is 32.1. The first-order valence-electron chi connectivity index (χ1n) is 4.28. The van der Waals surface area contributed by atoms with Crippen LogP contribution in [-0.4, -0.2) is 24.1 Å². The van der Waals surface area contributed by atoms with Gasteiger partial charge in [-0.3, -0.25) is 4.98 Å². The minimum atomic E-state index is -4.42. The number of hydrogen-bond donors (Lipinski definition) is 1. The predicted octanol–water partition coefficient (Wildman–Crippen LogP) is 1.80. The molecule has 0 radical (unpaired) electrons. The third-order valence-corrected chi connectivity index (χ3v) is 2.10. The van der Waals surface area contributed by atoms with E-state index in [1.54, 1.807) is 14.1 Å². The number of halogens is 3. The SMILES string of the molecule is CN(C)c1cc(C(F)(F)F)cnc1C(N)=S. The summed E-state index contributed by atoms with van der Waals surface area (Å²) in [4.78, 5) is 5.09. The zero-order valence-corrected chi connectivity index (χ0v) is 9.49. The Labute approximate surface area is 96.1 Å². The van der Waals surface area contributed by atoms with Crippen LogP contribution in [0.25, 0.3) is 0 Å². The van der Waals surface area contributed by atoms with Gasteiger partial charge in [0.25, 0.3) is 0 Å². The molecule has 0 fully saturated rings. The van der Waals surface area contributed by atoms with Crippen molar-refractivity contribution in [2.24, 2.45) is 5.73 Å². The molecule has 1 aromatic heterocycles. The Morgan fingerprint density at radius 2 is 2.00 bits per heavy atom. The second-order valence-electron chi connectivity index (χ2n) is 3.35. The lowest BCUT2D eigenvalue weighted by Crippen LogP contribution is -2.21. The number of anilines is 1. The van der Waals surface area contributed by atoms with Gasteiger partial charge in [0.05, 0.1) is 11.3 Å². The Morgan fingerprint density at radius 1 is 1.44 bits per heavy atom. The summed E-state index contributed by atoms with van der Waals surface area (Å²) in [5.74, 6) is 0. The van der Waals surface area contributed by atoms with E-state index in [9.17, 15) is 13.2 Å². The van der Waals surface area contributed by atoms with E-state index in [2.05, 4.69) is 4.98 Å². The van der Waals surface area contributed by atoms with E-state index in [1.165, 1.54) is 4.90 Å². The molecule has 0 bridgehead atoms. The number of aromatic nitrogens is 1. The van der Waals surface area contributed by atoms with E-state index in [-0.39, 0.29) is 16.4 Å². The monoisotopic (exact) mass is 249 g/mol. The maximum absolute atomic E-state index is 12.4. The summed E-state index contributed by atoms with van der Waals surface area (Å²) in [7, 11) is 3.19. The van der Waals surface area contributed by atoms with Crippen molar-refractivity contribution in [1.29, 1.82) is 0 Å². The van der Waals surface area contributed by atoms with Crippen LogP contribution in [0.5, 0.6) is 0 Å². The second-order valence-corrected chi connectivity index (χ2v) is 3.79. The van der Waals surface area contributed by atoms with Gasteiger partial charge in [-0.15, -0.1) is 0 Å². The van der Waals surface area contributed by atoms with Crippen molar-refractivity contribution in [3.05, 3.63) is 23.5 Å². The first-order valence-corrected chi connectivity index (χ1v) is 4.68. The summed E-state index contributed by atoms with van der Waals surface area (Å²) < 4.78 is 37.3. The fourth-order valence-electron chi connectivity index (χ4n) is 1.14. The van der Waals surface area contributed by atoms with E-state index in [4.69, 9.17) is 18.0 Å². The summed E-state index contributed by atoms with van der Waals surface area (Å²) in [6.45, 7) is 0. The molecule has 0 aliphatic carbocycles. The van der Waals surface area contributed by atoms with Gasteiger partial charge in [-0.2, -0.15) is 13.2 Å². The third kappa shape index (κ3) is 2.60. The molecule has 0 saturated heterocycles. The zero-order valence-electron chi connectivity index (χ0n) is 8.67. The average Bonchev–Trinajstić information content (AvgIpc) is 2.15. The molecule has 0 aromatic carbocycles. The van der Waals surface area contributed by atoms with Crippen molar-refractivity contribution in [2.75, 3.05) is 19.0 Å². The summed E-state index contributed by atoms with van der Waals surface area (Å²) in [6.07, 6.45) is -3.70. The van der Waals surface area contributed by atoms with Gasteiger partial charge < -0.3 is 10.6 Å². The van der Waals surface area contributed by atoms with Gasteiger partial charge in [-0.1, -0.05) is 12.2 Å². The van der Waals surface area contributed by atoms with Crippen LogP contribution in [0.15, 0.2) is 12.3 Å². The highest BCUT2D eigenvalue weighted by Crippen LogP contribution is 2.31. The maximum atomic E-state index is 12.4. The number of hydrogen-bond acceptors (Lipinski definition) is 3. The van der Waals surface area contributed by atoms with Gasteiger partial charge in [-0.25, -0.2) is 0 Å². The molecular formula is C9H10F3N3S. The zero-order chi connectivity index (χ0) is 12.5. The molecule has 0 amide bonds. The molecule has 0 unspecified atom stereocenters. The number of thiocarbonyl (C=S) groups is 1. The van der Waals surface area contributed by atoms with Crippen LogP contribution < -0.4 is 10.6 Å². The molecule has 1 rings (SSSR count). The van der Waals surface area contributed by atoms with Crippen LogP contribution in [0.3, 0.4) is 0 Å². The van der Waals surface area contributed by atoms with Crippen LogP contribution in [0, 0.1) is 0 Å². The van der Waals surface area contributed by atoms with E-state index in [0.717, 1.165) is 12.3 Å². The number of alkyl halides is 3. The lowest BCUT2D eigenvalue weighted by Gasteiger charge is -2.17. The van der Waals surface area contributed by atoms with Gasteiger partial charge in [0.2, 0.25) is 0 Å². The van der Waals surface area contributed by atoms with Crippen molar-refractivity contribution in [3.8, 4) is 0 Å². The Hall–Kier alpha value is -1.37. The molecule has 1 aromatic rings. The minimum absolute atomic E-state index is 0.0302. The number of pyridine rings is 1. The largest absolute Gasteiger partial charge is 0.417 e. The van der Waals surface area contributed by atoms with Gasteiger partial charge in [0.1, 0.15) is 10.7 Å². The third-order valence-electron chi connectivity index (χ3n) is 1.91. The van der Waals surface area contributed by atoms with Crippen molar-refractivity contribution in [1.82, 2.24) is 4.98 Å². The van der Waals surface area contributed by atoms with E-state index in [1.807, 2.05) is 0 Å². The van der Waals surface area contributed by atoms with E-state index in [0.29, 0.717) is 0 Å². The Balaban J connectivity index is 3.34. The number of nitrogens with zero attached hydrogens (tertiary/aromatic N) is 2. The first-order chi connectivity index (χ1) is 7.23. The highest BCUT2D eigenvalue weighted by molar-refractivity contribution is 7.80. The summed E-state index contributed by atoms with van der Waals surface area (Å²) in [5, 5.41) is 0. The lowest BCUT2D eigenvalue weighted by molar-refractivity contribution is -0.137. The summed E-state index contributed by atoms with van der Waals surface area (Å²) in [6, 6.07) is 0.974. The Kier molecular flexibility index (Phi) is 3.37. The Bertz CT molecular complexity index is 415. The maximum Gasteiger partial charge on any atom is 0.417 e. The quantitative estimate of drug-likeness (QED) is 0.812. The fourth-order valence-corrected chi connectivity index (χ4v) is 1.30. The van der Waals surface area contributed by atoms with Gasteiger partial charge in [0.15, 0.2) is 0 Å². The summed E-state index contributed by atoms with van der Waals surface area (Å²) >= 11 is 4.71. The molecule has 0 aliphatic heterocycles. The van der Waals surface area contributed by atoms with Gasteiger partial charge in [0, 0.05) is 20.3 Å². The van der Waals surface area contributed by atoms with Crippen molar-refractivity contribution in [3.63, 3.8) is 0 Å². The molecule has 16 heavy (non-hydrogen) atoms. The average molecular weight is 249 g/mol. The molecule has 0 saturated carbocycles. The molecule has 7 heteroatoms. The van der Waals surface area contributed by atoms with Gasteiger partial charge >= 0.3 is 6.18 Å². The highest BCUT2D eigenvalue weighted by Gasteiger charge is 2.32. The molecule has 0 atom stereocenters. The second kappa shape index (κ2) is 4.25. The minimum Gasteiger partial charge on any atom is -0.388 e. The lowest BCUT2D eigenvalue weighted by atomic mass is 10.2. The smallest absolute Gasteiger partial charge is 0.388 e. The van der Waals surface area contributed by atoms with Crippen LogP contribution in [0.4, 0.5) is 18.9 Å². The van der Waals surface area contributed by atoms with Gasteiger partial charge in [-0.05, 0) is 6.07 Å². The predicted molar refractivity (Wildman–Crippen MR) is 59.5 cm³/mol. The molecule has 0 aliphatic rings. The standard InChI is InChI=1S/C9H10F3N3S/c1-15(2)6-3-5(9(10,11)12)4-14-7(6)8(13)16/h3-4H,1-2H3,(H2,13,16). The first kappa shape index (κ1) is 12.7. The van der Waals surface area contributed by atoms with E-state index < -0.39 is 11.7 Å². The number of nitrogens with two attached hydrogens (primary N) is 1. The molecular weight excluding hydrogens is 239 g/mol. The van der Waals surface area contributed by atoms with E-state index >= 15 is 0 Å². The van der Waals surface area contributed by atoms with Crippen LogP contribution in [0.1, 0.15) is 11.3 Å². The van der Waals surface area contributed by atoms with Crippen molar-refractivity contribution < 1.29 is 13.2 Å². The molecule has 2 N–H and O–H groups in total. The van der Waals surface area contributed by atoms with Crippen LogP contribution in [-0.2, 0) is 6.18 Å². The Morgan fingerprint density at radius 3 is 2.38 bits per heavy atom. The van der Waals surface area contributed by atoms with Crippen LogP contribution in [0.2, 0.25) is 0 Å². The molecule has 88 valence electrons. The molecule has 3 nitrogen and oxygen atoms in total. The van der Waals surface area contributed by atoms with Crippen molar-refractivity contribution in [2.45, 2.75) is 6.18 Å². The topological polar surface area (TPSA) is 42.2 Å². The molecule has 0 spiro atoms. The summed E-state index contributed by atoms with van der Waals surface area (Å²) in [5.41, 5.74) is 4.99.